The Hall–Kier alpha value is -1.97. The van der Waals surface area contributed by atoms with Crippen molar-refractivity contribution in [2.24, 2.45) is 0 Å². The highest BCUT2D eigenvalue weighted by Gasteiger charge is 2.30. The van der Waals surface area contributed by atoms with Crippen LogP contribution in [0.4, 0.5) is 0 Å². The lowest BCUT2D eigenvalue weighted by molar-refractivity contribution is -0.138. The predicted octanol–water partition coefficient (Wildman–Crippen LogP) is 1.42. The molecule has 0 bridgehead atoms. The Morgan fingerprint density at radius 3 is 2.44 bits per heavy atom. The number of benzene rings is 1. The van der Waals surface area contributed by atoms with Crippen molar-refractivity contribution in [2.45, 2.75) is 43.7 Å². The molecule has 0 atom stereocenters. The summed E-state index contributed by atoms with van der Waals surface area (Å²) in [6, 6.07) is 5.26. The molecular formula is C18H26N2O6S. The van der Waals surface area contributed by atoms with Crippen LogP contribution in [0.1, 0.15) is 37.0 Å². The van der Waals surface area contributed by atoms with Crippen molar-refractivity contribution in [2.75, 3.05) is 26.8 Å². The molecule has 1 fully saturated rings. The summed E-state index contributed by atoms with van der Waals surface area (Å²) in [7, 11) is -2.26. The van der Waals surface area contributed by atoms with Crippen molar-refractivity contribution in [3.63, 3.8) is 0 Å². The second-order valence-corrected chi connectivity index (χ2v) is 8.81. The molecule has 1 heterocycles. The molecule has 0 aliphatic carbocycles. The highest BCUT2D eigenvalue weighted by molar-refractivity contribution is 7.89. The standard InChI is InChI=1S/C18H26N2O6S/c1-13(2)19(3)27(24,25)16-6-4-5-14(11-16)18(23)20(12-17(21)22)15-7-9-26-10-8-15/h4-6,11,13,15H,7-10,12H2,1-3H3,(H,21,22). The molecule has 9 heteroatoms. The molecular weight excluding hydrogens is 372 g/mol. The van der Waals surface area contributed by atoms with Crippen molar-refractivity contribution >= 4 is 21.9 Å². The fourth-order valence-electron chi connectivity index (χ4n) is 2.91. The average molecular weight is 398 g/mol. The van der Waals surface area contributed by atoms with Gasteiger partial charge in [-0.05, 0) is 44.9 Å². The summed E-state index contributed by atoms with van der Waals surface area (Å²) in [5, 5.41) is 9.20. The van der Waals surface area contributed by atoms with E-state index in [4.69, 9.17) is 4.74 Å². The zero-order chi connectivity index (χ0) is 20.2. The number of carboxylic acid groups (broad SMARTS) is 1. The summed E-state index contributed by atoms with van der Waals surface area (Å²) < 4.78 is 31.9. The maximum absolute atomic E-state index is 13.0. The maximum Gasteiger partial charge on any atom is 0.323 e. The molecule has 0 radical (unpaired) electrons. The third kappa shape index (κ3) is 5.06. The lowest BCUT2D eigenvalue weighted by Gasteiger charge is -2.33. The van der Waals surface area contributed by atoms with Gasteiger partial charge in [0.1, 0.15) is 6.54 Å². The zero-order valence-electron chi connectivity index (χ0n) is 15.8. The second-order valence-electron chi connectivity index (χ2n) is 6.81. The summed E-state index contributed by atoms with van der Waals surface area (Å²) in [6.45, 7) is 3.99. The van der Waals surface area contributed by atoms with Crippen LogP contribution in [-0.2, 0) is 19.6 Å². The molecule has 0 saturated carbocycles. The number of nitrogens with zero attached hydrogens (tertiary/aromatic N) is 2. The van der Waals surface area contributed by atoms with Gasteiger partial charge in [-0.15, -0.1) is 0 Å². The molecule has 2 rings (SSSR count). The van der Waals surface area contributed by atoms with Crippen LogP contribution in [0.25, 0.3) is 0 Å². The third-order valence-corrected chi connectivity index (χ3v) is 6.71. The van der Waals surface area contributed by atoms with Gasteiger partial charge in [0, 0.05) is 37.9 Å². The van der Waals surface area contributed by atoms with Crippen molar-refractivity contribution < 1.29 is 27.9 Å². The Bertz CT molecular complexity index is 787. The number of ether oxygens (including phenoxy) is 1. The molecule has 27 heavy (non-hydrogen) atoms. The second kappa shape index (κ2) is 8.81. The number of aliphatic carboxylic acids is 1. The first-order valence-corrected chi connectivity index (χ1v) is 10.3. The molecule has 0 spiro atoms. The van der Waals surface area contributed by atoms with Crippen molar-refractivity contribution in [1.29, 1.82) is 0 Å². The fourth-order valence-corrected chi connectivity index (χ4v) is 4.32. The quantitative estimate of drug-likeness (QED) is 0.745. The van der Waals surface area contributed by atoms with Gasteiger partial charge in [-0.25, -0.2) is 8.42 Å². The van der Waals surface area contributed by atoms with Crippen LogP contribution in [0.3, 0.4) is 0 Å². The number of amides is 1. The lowest BCUT2D eigenvalue weighted by Crippen LogP contribution is -2.46. The Labute approximate surface area is 159 Å². The van der Waals surface area contributed by atoms with E-state index in [2.05, 4.69) is 0 Å². The van der Waals surface area contributed by atoms with E-state index >= 15 is 0 Å². The lowest BCUT2D eigenvalue weighted by atomic mass is 10.1. The number of hydrogen-bond donors (Lipinski definition) is 1. The van der Waals surface area contributed by atoms with Crippen LogP contribution in [0.5, 0.6) is 0 Å². The molecule has 0 aromatic heterocycles. The number of carbonyl (C=O) groups is 2. The minimum absolute atomic E-state index is 0.00630. The average Bonchev–Trinajstić information content (AvgIpc) is 2.65. The summed E-state index contributed by atoms with van der Waals surface area (Å²) >= 11 is 0. The summed E-state index contributed by atoms with van der Waals surface area (Å²) in [6.07, 6.45) is 1.10. The minimum atomic E-state index is -3.74. The molecule has 1 amide bonds. The van der Waals surface area contributed by atoms with E-state index < -0.39 is 28.4 Å². The van der Waals surface area contributed by atoms with Gasteiger partial charge in [-0.1, -0.05) is 6.07 Å². The first kappa shape index (κ1) is 21.3. The molecule has 8 nitrogen and oxygen atoms in total. The SMILES string of the molecule is CC(C)N(C)S(=O)(=O)c1cccc(C(=O)N(CC(=O)O)C2CCOCC2)c1. The van der Waals surface area contributed by atoms with Gasteiger partial charge in [0.15, 0.2) is 0 Å². The monoisotopic (exact) mass is 398 g/mol. The molecule has 0 unspecified atom stereocenters. The van der Waals surface area contributed by atoms with E-state index in [9.17, 15) is 23.1 Å². The van der Waals surface area contributed by atoms with E-state index in [0.29, 0.717) is 26.1 Å². The molecule has 1 aromatic carbocycles. The summed E-state index contributed by atoms with van der Waals surface area (Å²) in [5.41, 5.74) is 0.154. The molecule has 1 saturated heterocycles. The Morgan fingerprint density at radius 1 is 1.26 bits per heavy atom. The highest BCUT2D eigenvalue weighted by Crippen LogP contribution is 2.21. The van der Waals surface area contributed by atoms with Gasteiger partial charge >= 0.3 is 5.97 Å². The first-order chi connectivity index (χ1) is 12.6. The van der Waals surface area contributed by atoms with E-state index in [-0.39, 0.29) is 22.5 Å². The van der Waals surface area contributed by atoms with Gasteiger partial charge < -0.3 is 14.7 Å². The molecule has 1 aliphatic rings. The van der Waals surface area contributed by atoms with Gasteiger partial charge in [-0.2, -0.15) is 4.31 Å². The fraction of sp³-hybridized carbons (Fsp3) is 0.556. The predicted molar refractivity (Wildman–Crippen MR) is 99.0 cm³/mol. The summed E-state index contributed by atoms with van der Waals surface area (Å²) in [5.74, 6) is -1.60. The number of carbonyl (C=O) groups excluding carboxylic acids is 1. The number of carboxylic acids is 1. The number of rotatable bonds is 7. The van der Waals surface area contributed by atoms with E-state index in [1.165, 1.54) is 40.5 Å². The van der Waals surface area contributed by atoms with Crippen LogP contribution in [0, 0.1) is 0 Å². The van der Waals surface area contributed by atoms with Crippen LogP contribution in [0.15, 0.2) is 29.2 Å². The van der Waals surface area contributed by atoms with Gasteiger partial charge in [-0.3, -0.25) is 9.59 Å². The van der Waals surface area contributed by atoms with Gasteiger partial charge in [0.05, 0.1) is 4.90 Å². The molecule has 1 N–H and O–H groups in total. The highest BCUT2D eigenvalue weighted by atomic mass is 32.2. The third-order valence-electron chi connectivity index (χ3n) is 4.68. The Balaban J connectivity index is 2.35. The van der Waals surface area contributed by atoms with Crippen LogP contribution in [-0.4, -0.2) is 73.5 Å². The van der Waals surface area contributed by atoms with Crippen LogP contribution >= 0.6 is 0 Å². The summed E-state index contributed by atoms with van der Waals surface area (Å²) in [4.78, 5) is 25.5. The normalized spacial score (nSPS) is 15.9. The van der Waals surface area contributed by atoms with Crippen LogP contribution < -0.4 is 0 Å². The van der Waals surface area contributed by atoms with E-state index in [1.54, 1.807) is 13.8 Å². The first-order valence-electron chi connectivity index (χ1n) is 8.83. The topological polar surface area (TPSA) is 104 Å². The largest absolute Gasteiger partial charge is 0.480 e. The number of sulfonamides is 1. The van der Waals surface area contributed by atoms with Crippen molar-refractivity contribution in [1.82, 2.24) is 9.21 Å². The Morgan fingerprint density at radius 2 is 1.89 bits per heavy atom. The van der Waals surface area contributed by atoms with Crippen molar-refractivity contribution in [3.05, 3.63) is 29.8 Å². The van der Waals surface area contributed by atoms with Crippen LogP contribution in [0.2, 0.25) is 0 Å². The smallest absolute Gasteiger partial charge is 0.323 e. The van der Waals surface area contributed by atoms with Gasteiger partial charge in [0.25, 0.3) is 5.91 Å². The number of hydrogen-bond acceptors (Lipinski definition) is 5. The van der Waals surface area contributed by atoms with E-state index in [1.807, 2.05) is 0 Å². The van der Waals surface area contributed by atoms with Gasteiger partial charge in [0.2, 0.25) is 10.0 Å². The maximum atomic E-state index is 13.0. The minimum Gasteiger partial charge on any atom is -0.480 e. The zero-order valence-corrected chi connectivity index (χ0v) is 16.6. The molecule has 1 aliphatic heterocycles. The van der Waals surface area contributed by atoms with E-state index in [0.717, 1.165) is 0 Å². The molecule has 1 aromatic rings. The Kier molecular flexibility index (Phi) is 6.96. The van der Waals surface area contributed by atoms with Crippen molar-refractivity contribution in [3.8, 4) is 0 Å². The molecule has 150 valence electrons.